The molecule has 1 saturated heterocycles. The molecule has 1 fully saturated rings. The van der Waals surface area contributed by atoms with E-state index in [0.29, 0.717) is 22.1 Å². The zero-order valence-electron chi connectivity index (χ0n) is 18.2. The lowest BCUT2D eigenvalue weighted by Gasteiger charge is -2.37. The van der Waals surface area contributed by atoms with Gasteiger partial charge in [0.1, 0.15) is 6.54 Å². The van der Waals surface area contributed by atoms with Crippen LogP contribution < -0.4 is 9.21 Å². The fourth-order valence-electron chi connectivity index (χ4n) is 3.58. The molecule has 0 unspecified atom stereocenters. The number of sulfonamides is 1. The summed E-state index contributed by atoms with van der Waals surface area (Å²) < 4.78 is 103. The van der Waals surface area contributed by atoms with Crippen LogP contribution in [0.1, 0.15) is 11.1 Å². The van der Waals surface area contributed by atoms with Crippen LogP contribution in [0.15, 0.2) is 42.5 Å². The van der Waals surface area contributed by atoms with Crippen molar-refractivity contribution in [2.45, 2.75) is 12.4 Å². The molecule has 0 atom stereocenters. The third-order valence-electron chi connectivity index (χ3n) is 5.39. The fourth-order valence-corrected chi connectivity index (χ4v) is 4.70. The second-order valence-electron chi connectivity index (χ2n) is 7.85. The van der Waals surface area contributed by atoms with E-state index >= 15 is 0 Å². The van der Waals surface area contributed by atoms with Crippen molar-refractivity contribution in [2.75, 3.05) is 48.2 Å². The first-order chi connectivity index (χ1) is 16.1. The van der Waals surface area contributed by atoms with Gasteiger partial charge < -0.3 is 9.80 Å². The number of hydrogen-bond acceptors (Lipinski definition) is 4. The SMILES string of the molecule is CS(=O)(=O)N(CC(=O)N1CCN(c2cccc(C(F)(F)F)c2)CC1)c1cc(C(F)(F)F)ccc1Cl. The smallest absolute Gasteiger partial charge is 0.368 e. The lowest BCUT2D eigenvalue weighted by Crippen LogP contribution is -2.52. The van der Waals surface area contributed by atoms with Crippen LogP contribution in [-0.2, 0) is 27.2 Å². The first kappa shape index (κ1) is 26.9. The molecule has 35 heavy (non-hydrogen) atoms. The molecule has 0 spiro atoms. The quantitative estimate of drug-likeness (QED) is 0.521. The number of alkyl halides is 6. The molecule has 1 amide bonds. The van der Waals surface area contributed by atoms with Crippen molar-refractivity contribution in [3.8, 4) is 0 Å². The van der Waals surface area contributed by atoms with Gasteiger partial charge in [0.2, 0.25) is 15.9 Å². The lowest BCUT2D eigenvalue weighted by atomic mass is 10.1. The van der Waals surface area contributed by atoms with E-state index in [1.807, 2.05) is 0 Å². The molecule has 0 radical (unpaired) electrons. The van der Waals surface area contributed by atoms with Crippen LogP contribution in [0.5, 0.6) is 0 Å². The van der Waals surface area contributed by atoms with Gasteiger partial charge in [-0.15, -0.1) is 0 Å². The second-order valence-corrected chi connectivity index (χ2v) is 10.2. The molecule has 14 heteroatoms. The van der Waals surface area contributed by atoms with Gasteiger partial charge in [0.15, 0.2) is 0 Å². The Hall–Kier alpha value is -2.67. The van der Waals surface area contributed by atoms with Gasteiger partial charge in [0.05, 0.1) is 28.1 Å². The second kappa shape index (κ2) is 9.76. The molecule has 6 nitrogen and oxygen atoms in total. The first-order valence-corrected chi connectivity index (χ1v) is 12.3. The number of halogens is 7. The number of rotatable bonds is 5. The Kier molecular flexibility index (Phi) is 7.51. The number of hydrogen-bond donors (Lipinski definition) is 0. The van der Waals surface area contributed by atoms with E-state index in [1.54, 1.807) is 4.90 Å². The molecule has 2 aromatic carbocycles. The van der Waals surface area contributed by atoms with Crippen LogP contribution in [0.3, 0.4) is 0 Å². The molecular weight excluding hydrogens is 524 g/mol. The van der Waals surface area contributed by atoms with Crippen LogP contribution in [0.25, 0.3) is 0 Å². The largest absolute Gasteiger partial charge is 0.416 e. The highest BCUT2D eigenvalue weighted by molar-refractivity contribution is 7.92. The average molecular weight is 544 g/mol. The summed E-state index contributed by atoms with van der Waals surface area (Å²) in [5.74, 6) is -0.687. The van der Waals surface area contributed by atoms with Crippen LogP contribution in [0, 0.1) is 0 Å². The molecule has 192 valence electrons. The van der Waals surface area contributed by atoms with Crippen molar-refractivity contribution in [1.82, 2.24) is 4.90 Å². The fraction of sp³-hybridized carbons (Fsp3) is 0.381. The van der Waals surface area contributed by atoms with E-state index in [1.165, 1.54) is 17.0 Å². The summed E-state index contributed by atoms with van der Waals surface area (Å²) in [4.78, 5) is 15.8. The topological polar surface area (TPSA) is 60.9 Å². The Labute approximate surface area is 202 Å². The summed E-state index contributed by atoms with van der Waals surface area (Å²) in [6.45, 7) is -0.290. The van der Waals surface area contributed by atoms with Crippen LogP contribution in [0.2, 0.25) is 5.02 Å². The molecule has 0 aromatic heterocycles. The Morgan fingerprint density at radius 3 is 2.06 bits per heavy atom. The summed E-state index contributed by atoms with van der Waals surface area (Å²) in [7, 11) is -4.19. The standard InChI is InChI=1S/C21H20ClF6N3O3S/c1-35(33,34)31(18-12-15(21(26,27)28)5-6-17(18)22)13-19(32)30-9-7-29(8-10-30)16-4-2-3-14(11-16)20(23,24)25/h2-6,11-12H,7-10,13H2,1H3. The van der Waals surface area contributed by atoms with E-state index < -0.39 is 51.6 Å². The molecule has 0 saturated carbocycles. The van der Waals surface area contributed by atoms with Crippen molar-refractivity contribution in [1.29, 1.82) is 0 Å². The maximum absolute atomic E-state index is 13.1. The molecule has 3 rings (SSSR count). The minimum absolute atomic E-state index is 0.0724. The number of benzene rings is 2. The average Bonchev–Trinajstić information content (AvgIpc) is 2.76. The Balaban J connectivity index is 1.75. The van der Waals surface area contributed by atoms with Gasteiger partial charge in [-0.05, 0) is 36.4 Å². The number of carbonyl (C=O) groups is 1. The van der Waals surface area contributed by atoms with E-state index in [0.717, 1.165) is 24.5 Å². The number of carbonyl (C=O) groups excluding carboxylic acids is 1. The molecular formula is C21H20ClF6N3O3S. The highest BCUT2D eigenvalue weighted by Crippen LogP contribution is 2.36. The van der Waals surface area contributed by atoms with Gasteiger partial charge in [0, 0.05) is 31.9 Å². The van der Waals surface area contributed by atoms with Crippen molar-refractivity contribution in [2.24, 2.45) is 0 Å². The highest BCUT2D eigenvalue weighted by Gasteiger charge is 2.34. The van der Waals surface area contributed by atoms with E-state index in [-0.39, 0.29) is 31.2 Å². The third-order valence-corrected chi connectivity index (χ3v) is 6.84. The maximum atomic E-state index is 13.1. The zero-order chi connectivity index (χ0) is 26.2. The summed E-state index contributed by atoms with van der Waals surface area (Å²) in [6.07, 6.45) is -8.53. The molecule has 1 heterocycles. The van der Waals surface area contributed by atoms with Gasteiger partial charge in [0.25, 0.3) is 0 Å². The number of nitrogens with zero attached hydrogens (tertiary/aromatic N) is 3. The van der Waals surface area contributed by atoms with E-state index in [2.05, 4.69) is 0 Å². The minimum atomic E-state index is -4.76. The minimum Gasteiger partial charge on any atom is -0.368 e. The van der Waals surface area contributed by atoms with Gasteiger partial charge in [-0.3, -0.25) is 9.10 Å². The first-order valence-electron chi connectivity index (χ1n) is 10.1. The van der Waals surface area contributed by atoms with E-state index in [9.17, 15) is 39.6 Å². The molecule has 1 aliphatic rings. The number of anilines is 2. The lowest BCUT2D eigenvalue weighted by molar-refractivity contribution is -0.138. The van der Waals surface area contributed by atoms with E-state index in [4.69, 9.17) is 11.6 Å². The Morgan fingerprint density at radius 2 is 1.51 bits per heavy atom. The summed E-state index contributed by atoms with van der Waals surface area (Å²) in [6, 6.07) is 6.88. The number of amides is 1. The Morgan fingerprint density at radius 1 is 0.943 bits per heavy atom. The van der Waals surface area contributed by atoms with Gasteiger partial charge >= 0.3 is 12.4 Å². The van der Waals surface area contributed by atoms with Crippen LogP contribution in [-0.4, -0.2) is 58.2 Å². The van der Waals surface area contributed by atoms with Crippen molar-refractivity contribution >= 4 is 38.9 Å². The van der Waals surface area contributed by atoms with Crippen molar-refractivity contribution in [3.05, 3.63) is 58.6 Å². The van der Waals surface area contributed by atoms with Crippen LogP contribution in [0.4, 0.5) is 37.7 Å². The maximum Gasteiger partial charge on any atom is 0.416 e. The Bertz CT molecular complexity index is 1200. The summed E-state index contributed by atoms with van der Waals surface area (Å²) in [5, 5.41) is -0.286. The molecule has 2 aromatic rings. The monoisotopic (exact) mass is 543 g/mol. The molecule has 0 N–H and O–H groups in total. The normalized spacial score (nSPS) is 15.3. The van der Waals surface area contributed by atoms with Gasteiger partial charge in [-0.25, -0.2) is 8.42 Å². The van der Waals surface area contributed by atoms with Crippen LogP contribution >= 0.6 is 11.6 Å². The third kappa shape index (κ3) is 6.51. The summed E-state index contributed by atoms with van der Waals surface area (Å²) >= 11 is 5.96. The number of piperazine rings is 1. The van der Waals surface area contributed by atoms with Crippen molar-refractivity contribution in [3.63, 3.8) is 0 Å². The zero-order valence-corrected chi connectivity index (χ0v) is 19.8. The molecule has 1 aliphatic heterocycles. The van der Waals surface area contributed by atoms with Gasteiger partial charge in [-0.2, -0.15) is 26.3 Å². The van der Waals surface area contributed by atoms with Gasteiger partial charge in [-0.1, -0.05) is 17.7 Å². The summed E-state index contributed by atoms with van der Waals surface area (Å²) in [5.41, 5.74) is -2.11. The molecule has 0 aliphatic carbocycles. The predicted octanol–water partition coefficient (Wildman–Crippen LogP) is 4.49. The van der Waals surface area contributed by atoms with Crippen molar-refractivity contribution < 1.29 is 39.6 Å². The predicted molar refractivity (Wildman–Crippen MR) is 119 cm³/mol. The molecule has 0 bridgehead atoms. The highest BCUT2D eigenvalue weighted by atomic mass is 35.5.